The molecular weight excluding hydrogens is 325 g/mol. The monoisotopic (exact) mass is 347 g/mol. The molecule has 1 rings (SSSR count). The van der Waals surface area contributed by atoms with Crippen LogP contribution < -0.4 is 5.32 Å². The van der Waals surface area contributed by atoms with Crippen molar-refractivity contribution in [2.45, 2.75) is 20.3 Å². The molecule has 0 bridgehead atoms. The fourth-order valence-corrected chi connectivity index (χ4v) is 2.18. The van der Waals surface area contributed by atoms with Gasteiger partial charge in [0.15, 0.2) is 0 Å². The van der Waals surface area contributed by atoms with Crippen LogP contribution in [-0.2, 0) is 11.2 Å². The van der Waals surface area contributed by atoms with Crippen molar-refractivity contribution in [1.82, 2.24) is 5.32 Å². The molecule has 0 aliphatic rings. The van der Waals surface area contributed by atoms with Gasteiger partial charge in [-0.25, -0.2) is 0 Å². The second-order valence-electron chi connectivity index (χ2n) is 5.14. The highest BCUT2D eigenvalue weighted by Crippen LogP contribution is 2.21. The van der Waals surface area contributed by atoms with Gasteiger partial charge in [-0.15, -0.1) is 0 Å². The van der Waals surface area contributed by atoms with Crippen LogP contribution in [0.3, 0.4) is 0 Å². The first-order valence-corrected chi connectivity index (χ1v) is 7.05. The summed E-state index contributed by atoms with van der Waals surface area (Å²) < 4.78 is 6.32. The molecule has 1 aromatic rings. The normalized spacial score (nSPS) is 11.8. The van der Waals surface area contributed by atoms with Crippen LogP contribution in [0.15, 0.2) is 24.3 Å². The minimum atomic E-state index is 0.278. The molecule has 0 fully saturated rings. The fraction of sp³-hybridized carbons (Fsp3) is 0.571. The van der Waals surface area contributed by atoms with Crippen LogP contribution in [0.2, 0.25) is 0 Å². The predicted molar refractivity (Wildman–Crippen MR) is 81.4 cm³/mol. The average molecular weight is 347 g/mol. The molecule has 0 spiro atoms. The van der Waals surface area contributed by atoms with Gasteiger partial charge in [-0.3, -0.25) is 0 Å². The van der Waals surface area contributed by atoms with Gasteiger partial charge >= 0.3 is 0 Å². The van der Waals surface area contributed by atoms with Crippen molar-refractivity contribution in [2.75, 3.05) is 26.8 Å². The number of halogens is 1. The lowest BCUT2D eigenvalue weighted by atomic mass is 9.86. The Hall–Kier alpha value is -0.130. The summed E-state index contributed by atoms with van der Waals surface area (Å²) in [5.41, 5.74) is 1.68. The van der Waals surface area contributed by atoms with Crippen molar-refractivity contribution in [3.8, 4) is 0 Å². The van der Waals surface area contributed by atoms with Crippen molar-refractivity contribution < 1.29 is 4.74 Å². The number of hydrogen-bond acceptors (Lipinski definition) is 2. The number of hydrogen-bond donors (Lipinski definition) is 1. The van der Waals surface area contributed by atoms with Crippen LogP contribution in [-0.4, -0.2) is 26.8 Å². The molecule has 0 saturated heterocycles. The Kier molecular flexibility index (Phi) is 6.44. The first kappa shape index (κ1) is 14.9. The van der Waals surface area contributed by atoms with Gasteiger partial charge in [0.05, 0.1) is 6.61 Å². The Morgan fingerprint density at radius 1 is 1.24 bits per heavy atom. The van der Waals surface area contributed by atoms with E-state index in [1.54, 1.807) is 7.11 Å². The van der Waals surface area contributed by atoms with Crippen LogP contribution in [0, 0.1) is 8.99 Å². The van der Waals surface area contributed by atoms with Crippen LogP contribution in [0.4, 0.5) is 0 Å². The number of benzene rings is 1. The SMILES string of the molecule is COCCNCC(C)(C)Cc1ccc(I)cc1. The summed E-state index contributed by atoms with van der Waals surface area (Å²) in [6, 6.07) is 8.78. The summed E-state index contributed by atoms with van der Waals surface area (Å²) in [5, 5.41) is 3.43. The Balaban J connectivity index is 2.40. The fourth-order valence-electron chi connectivity index (χ4n) is 1.82. The second kappa shape index (κ2) is 7.34. The van der Waals surface area contributed by atoms with E-state index in [-0.39, 0.29) is 5.41 Å². The second-order valence-corrected chi connectivity index (χ2v) is 6.38. The maximum absolute atomic E-state index is 5.02. The van der Waals surface area contributed by atoms with Crippen LogP contribution in [0.1, 0.15) is 19.4 Å². The molecule has 0 amide bonds. The average Bonchev–Trinajstić information content (AvgIpc) is 2.27. The zero-order valence-electron chi connectivity index (χ0n) is 10.9. The zero-order chi connectivity index (χ0) is 12.7. The van der Waals surface area contributed by atoms with Gasteiger partial charge < -0.3 is 10.1 Å². The van der Waals surface area contributed by atoms with E-state index in [2.05, 4.69) is 66.0 Å². The van der Waals surface area contributed by atoms with Gasteiger partial charge in [-0.2, -0.15) is 0 Å². The molecule has 3 heteroatoms. The standard InChI is InChI=1S/C14H22INO/c1-14(2,11-16-8-9-17-3)10-12-4-6-13(15)7-5-12/h4-7,16H,8-11H2,1-3H3. The van der Waals surface area contributed by atoms with Gasteiger partial charge in [-0.1, -0.05) is 26.0 Å². The summed E-state index contributed by atoms with van der Waals surface area (Å²) in [6.45, 7) is 7.31. The van der Waals surface area contributed by atoms with Crippen molar-refractivity contribution in [2.24, 2.45) is 5.41 Å². The molecule has 0 aromatic heterocycles. The third kappa shape index (κ3) is 6.38. The smallest absolute Gasteiger partial charge is 0.0587 e. The highest BCUT2D eigenvalue weighted by Gasteiger charge is 2.17. The van der Waals surface area contributed by atoms with Crippen LogP contribution >= 0.6 is 22.6 Å². The van der Waals surface area contributed by atoms with Crippen molar-refractivity contribution >= 4 is 22.6 Å². The summed E-state index contributed by atoms with van der Waals surface area (Å²) in [4.78, 5) is 0. The first-order valence-electron chi connectivity index (χ1n) is 5.98. The third-order valence-corrected chi connectivity index (χ3v) is 3.40. The molecule has 0 aliphatic carbocycles. The molecule has 96 valence electrons. The van der Waals surface area contributed by atoms with Crippen LogP contribution in [0.5, 0.6) is 0 Å². The van der Waals surface area contributed by atoms with Crippen molar-refractivity contribution in [3.63, 3.8) is 0 Å². The maximum Gasteiger partial charge on any atom is 0.0587 e. The van der Waals surface area contributed by atoms with Crippen LogP contribution in [0.25, 0.3) is 0 Å². The van der Waals surface area contributed by atoms with Gasteiger partial charge in [0.1, 0.15) is 0 Å². The summed E-state index contributed by atoms with van der Waals surface area (Å²) in [5.74, 6) is 0. The zero-order valence-corrected chi connectivity index (χ0v) is 13.1. The molecule has 0 unspecified atom stereocenters. The van der Waals surface area contributed by atoms with E-state index in [1.165, 1.54) is 9.13 Å². The molecule has 0 radical (unpaired) electrons. The van der Waals surface area contributed by atoms with Gasteiger partial charge in [0, 0.05) is 23.8 Å². The largest absolute Gasteiger partial charge is 0.383 e. The lowest BCUT2D eigenvalue weighted by Crippen LogP contribution is -2.33. The first-order chi connectivity index (χ1) is 8.03. The van der Waals surface area contributed by atoms with E-state index in [9.17, 15) is 0 Å². The third-order valence-electron chi connectivity index (χ3n) is 2.68. The number of rotatable bonds is 7. The summed E-state index contributed by atoms with van der Waals surface area (Å²) in [7, 11) is 1.73. The number of methoxy groups -OCH3 is 1. The molecule has 2 nitrogen and oxygen atoms in total. The quantitative estimate of drug-likeness (QED) is 0.605. The van der Waals surface area contributed by atoms with E-state index in [0.29, 0.717) is 0 Å². The number of ether oxygens (including phenoxy) is 1. The molecule has 0 atom stereocenters. The van der Waals surface area contributed by atoms with E-state index >= 15 is 0 Å². The highest BCUT2D eigenvalue weighted by atomic mass is 127. The molecule has 0 heterocycles. The summed E-state index contributed by atoms with van der Waals surface area (Å²) >= 11 is 2.34. The van der Waals surface area contributed by atoms with E-state index in [4.69, 9.17) is 4.74 Å². The number of nitrogens with one attached hydrogen (secondary N) is 1. The Bertz CT molecular complexity index is 321. The lowest BCUT2D eigenvalue weighted by molar-refractivity contribution is 0.194. The van der Waals surface area contributed by atoms with Crippen molar-refractivity contribution in [1.29, 1.82) is 0 Å². The minimum absolute atomic E-state index is 0.278. The topological polar surface area (TPSA) is 21.3 Å². The van der Waals surface area contributed by atoms with Gasteiger partial charge in [0.2, 0.25) is 0 Å². The lowest BCUT2D eigenvalue weighted by Gasteiger charge is -2.25. The Morgan fingerprint density at radius 3 is 2.47 bits per heavy atom. The Morgan fingerprint density at radius 2 is 1.88 bits per heavy atom. The molecule has 1 aromatic carbocycles. The van der Waals surface area contributed by atoms with E-state index < -0.39 is 0 Å². The molecule has 17 heavy (non-hydrogen) atoms. The van der Waals surface area contributed by atoms with E-state index in [0.717, 1.165) is 26.1 Å². The van der Waals surface area contributed by atoms with E-state index in [1.807, 2.05) is 0 Å². The van der Waals surface area contributed by atoms with Gasteiger partial charge in [-0.05, 0) is 52.1 Å². The maximum atomic E-state index is 5.02. The molecule has 0 aliphatic heterocycles. The highest BCUT2D eigenvalue weighted by molar-refractivity contribution is 14.1. The molecular formula is C14H22INO. The minimum Gasteiger partial charge on any atom is -0.383 e. The summed E-state index contributed by atoms with van der Waals surface area (Å²) in [6.07, 6.45) is 1.10. The predicted octanol–water partition coefficient (Wildman–Crippen LogP) is 3.10. The van der Waals surface area contributed by atoms with Gasteiger partial charge in [0.25, 0.3) is 0 Å². The molecule has 0 saturated carbocycles. The van der Waals surface area contributed by atoms with Crippen molar-refractivity contribution in [3.05, 3.63) is 33.4 Å². The Labute approximate surface area is 118 Å². The molecule has 1 N–H and O–H groups in total.